The maximum Gasteiger partial charge on any atom is 0.0911 e. The van der Waals surface area contributed by atoms with Gasteiger partial charge in [-0.05, 0) is 44.7 Å². The predicted molar refractivity (Wildman–Crippen MR) is 70.4 cm³/mol. The minimum absolute atomic E-state index is 0.211. The first-order valence-corrected chi connectivity index (χ1v) is 7.19. The van der Waals surface area contributed by atoms with Gasteiger partial charge in [0.25, 0.3) is 0 Å². The molecule has 2 unspecified atom stereocenters. The Bertz CT molecular complexity index is 404. The second kappa shape index (κ2) is 4.71. The molecule has 0 radical (unpaired) electrons. The van der Waals surface area contributed by atoms with Crippen molar-refractivity contribution >= 4 is 0 Å². The van der Waals surface area contributed by atoms with E-state index in [1.54, 1.807) is 0 Å². The van der Waals surface area contributed by atoms with Crippen molar-refractivity contribution < 1.29 is 9.84 Å². The van der Waals surface area contributed by atoms with Crippen LogP contribution in [-0.2, 0) is 11.3 Å². The molecule has 2 heterocycles. The van der Waals surface area contributed by atoms with Gasteiger partial charge in [0.2, 0.25) is 0 Å². The molecule has 2 aliphatic rings. The van der Waals surface area contributed by atoms with Crippen molar-refractivity contribution in [3.63, 3.8) is 0 Å². The van der Waals surface area contributed by atoms with Gasteiger partial charge >= 0.3 is 0 Å². The van der Waals surface area contributed by atoms with E-state index in [-0.39, 0.29) is 5.60 Å². The van der Waals surface area contributed by atoms with Gasteiger partial charge in [0.15, 0.2) is 0 Å². The molecule has 1 saturated heterocycles. The van der Waals surface area contributed by atoms with Gasteiger partial charge in [0.1, 0.15) is 0 Å². The summed E-state index contributed by atoms with van der Waals surface area (Å²) < 4.78 is 8.46. The first kappa shape index (κ1) is 12.2. The van der Waals surface area contributed by atoms with E-state index in [9.17, 15) is 5.11 Å². The van der Waals surface area contributed by atoms with Gasteiger partial charge in [0.05, 0.1) is 17.8 Å². The van der Waals surface area contributed by atoms with Crippen molar-refractivity contribution in [1.29, 1.82) is 0 Å². The van der Waals surface area contributed by atoms with Gasteiger partial charge in [-0.15, -0.1) is 0 Å². The normalized spacial score (nSPS) is 28.0. The van der Waals surface area contributed by atoms with Gasteiger partial charge in [-0.25, -0.2) is 0 Å². The summed E-state index contributed by atoms with van der Waals surface area (Å²) in [6.45, 7) is 2.70. The Balaban J connectivity index is 1.65. The summed E-state index contributed by atoms with van der Waals surface area (Å²) in [5, 5.41) is 9.71. The molecule has 18 heavy (non-hydrogen) atoms. The van der Waals surface area contributed by atoms with E-state index >= 15 is 0 Å². The smallest absolute Gasteiger partial charge is 0.0911 e. The van der Waals surface area contributed by atoms with E-state index < -0.39 is 6.10 Å². The summed E-state index contributed by atoms with van der Waals surface area (Å²) in [4.78, 5) is 0. The SMILES string of the molecule is CC(O)c1cccn1CC1CCC2(CCCC2)O1. The summed E-state index contributed by atoms with van der Waals surface area (Å²) in [6.07, 6.45) is 9.52. The van der Waals surface area contributed by atoms with Crippen LogP contribution < -0.4 is 0 Å². The molecule has 1 aromatic heterocycles. The predicted octanol–water partition coefficient (Wildman–Crippen LogP) is 3.03. The molecule has 2 atom stereocenters. The molecule has 0 amide bonds. The third-order valence-electron chi connectivity index (χ3n) is 4.55. The molecule has 1 N–H and O–H groups in total. The molecule has 3 heteroatoms. The fraction of sp³-hybridized carbons (Fsp3) is 0.733. The maximum atomic E-state index is 9.71. The molecule has 1 saturated carbocycles. The first-order chi connectivity index (χ1) is 8.69. The van der Waals surface area contributed by atoms with E-state index in [4.69, 9.17) is 4.74 Å². The van der Waals surface area contributed by atoms with Crippen LogP contribution in [-0.4, -0.2) is 21.4 Å². The highest BCUT2D eigenvalue weighted by molar-refractivity contribution is 5.10. The zero-order chi connectivity index (χ0) is 12.6. The number of nitrogens with zero attached hydrogens (tertiary/aromatic N) is 1. The lowest BCUT2D eigenvalue weighted by Crippen LogP contribution is -2.26. The van der Waals surface area contributed by atoms with Crippen LogP contribution in [0.1, 0.15) is 57.2 Å². The highest BCUT2D eigenvalue weighted by atomic mass is 16.5. The Labute approximate surface area is 109 Å². The Morgan fingerprint density at radius 1 is 1.44 bits per heavy atom. The van der Waals surface area contributed by atoms with E-state index in [0.717, 1.165) is 18.7 Å². The standard InChI is InChI=1S/C15H23NO2/c1-12(17)14-5-4-10-16(14)11-13-6-9-15(18-13)7-2-3-8-15/h4-5,10,12-13,17H,2-3,6-9,11H2,1H3. The Hall–Kier alpha value is -0.800. The van der Waals surface area contributed by atoms with Crippen LogP contribution in [0, 0.1) is 0 Å². The molecule has 3 rings (SSSR count). The zero-order valence-electron chi connectivity index (χ0n) is 11.1. The minimum atomic E-state index is -0.401. The zero-order valence-corrected chi connectivity index (χ0v) is 11.1. The topological polar surface area (TPSA) is 34.4 Å². The molecule has 0 bridgehead atoms. The molecular formula is C15H23NO2. The number of aromatic nitrogens is 1. The summed E-state index contributed by atoms with van der Waals surface area (Å²) in [7, 11) is 0. The highest BCUT2D eigenvalue weighted by Crippen LogP contribution is 2.43. The Morgan fingerprint density at radius 3 is 2.94 bits per heavy atom. The van der Waals surface area contributed by atoms with Crippen LogP contribution in [0.2, 0.25) is 0 Å². The van der Waals surface area contributed by atoms with Crippen LogP contribution >= 0.6 is 0 Å². The van der Waals surface area contributed by atoms with Crippen LogP contribution in [0.25, 0.3) is 0 Å². The second-order valence-electron chi connectivity index (χ2n) is 5.93. The summed E-state index contributed by atoms with van der Waals surface area (Å²) in [5.41, 5.74) is 1.20. The number of aliphatic hydroxyl groups excluding tert-OH is 1. The van der Waals surface area contributed by atoms with Crippen molar-refractivity contribution in [3.8, 4) is 0 Å². The van der Waals surface area contributed by atoms with E-state index in [1.807, 2.05) is 25.3 Å². The van der Waals surface area contributed by atoms with Crippen molar-refractivity contribution in [1.82, 2.24) is 4.57 Å². The molecule has 1 aliphatic heterocycles. The first-order valence-electron chi connectivity index (χ1n) is 7.19. The minimum Gasteiger partial charge on any atom is -0.387 e. The lowest BCUT2D eigenvalue weighted by atomic mass is 9.98. The molecule has 1 aromatic rings. The average Bonchev–Trinajstić information content (AvgIpc) is 3.03. The lowest BCUT2D eigenvalue weighted by molar-refractivity contribution is -0.0423. The number of aliphatic hydroxyl groups is 1. The molecule has 1 spiro atoms. The molecule has 0 aromatic carbocycles. The second-order valence-corrected chi connectivity index (χ2v) is 5.93. The van der Waals surface area contributed by atoms with E-state index in [1.165, 1.54) is 32.1 Å². The molecule has 100 valence electrons. The van der Waals surface area contributed by atoms with Crippen LogP contribution in [0.15, 0.2) is 18.3 Å². The molecule has 1 aliphatic carbocycles. The fourth-order valence-electron chi connectivity index (χ4n) is 3.60. The van der Waals surface area contributed by atoms with Crippen LogP contribution in [0.4, 0.5) is 0 Å². The highest BCUT2D eigenvalue weighted by Gasteiger charge is 2.42. The quantitative estimate of drug-likeness (QED) is 0.893. The number of hydrogen-bond donors (Lipinski definition) is 1. The molecule has 2 fully saturated rings. The number of rotatable bonds is 3. The Morgan fingerprint density at radius 2 is 2.22 bits per heavy atom. The molecule has 3 nitrogen and oxygen atoms in total. The van der Waals surface area contributed by atoms with E-state index in [2.05, 4.69) is 4.57 Å². The van der Waals surface area contributed by atoms with Gasteiger partial charge in [-0.3, -0.25) is 0 Å². The van der Waals surface area contributed by atoms with Gasteiger partial charge in [-0.1, -0.05) is 12.8 Å². The monoisotopic (exact) mass is 249 g/mol. The van der Waals surface area contributed by atoms with Gasteiger partial charge in [-0.2, -0.15) is 0 Å². The summed E-state index contributed by atoms with van der Waals surface area (Å²) >= 11 is 0. The maximum absolute atomic E-state index is 9.71. The summed E-state index contributed by atoms with van der Waals surface area (Å²) in [5.74, 6) is 0. The van der Waals surface area contributed by atoms with Crippen molar-refractivity contribution in [2.45, 2.75) is 69.8 Å². The van der Waals surface area contributed by atoms with E-state index in [0.29, 0.717) is 6.10 Å². The lowest BCUT2D eigenvalue weighted by Gasteiger charge is -2.24. The summed E-state index contributed by atoms with van der Waals surface area (Å²) in [6, 6.07) is 3.99. The van der Waals surface area contributed by atoms with Crippen molar-refractivity contribution in [3.05, 3.63) is 24.0 Å². The molecular weight excluding hydrogens is 226 g/mol. The number of hydrogen-bond acceptors (Lipinski definition) is 2. The fourth-order valence-corrected chi connectivity index (χ4v) is 3.60. The van der Waals surface area contributed by atoms with Gasteiger partial charge < -0.3 is 14.4 Å². The third-order valence-corrected chi connectivity index (χ3v) is 4.55. The van der Waals surface area contributed by atoms with Gasteiger partial charge in [0, 0.05) is 18.4 Å². The average molecular weight is 249 g/mol. The number of ether oxygens (including phenoxy) is 1. The van der Waals surface area contributed by atoms with Crippen LogP contribution in [0.5, 0.6) is 0 Å². The third kappa shape index (κ3) is 2.21. The Kier molecular flexibility index (Phi) is 3.20. The van der Waals surface area contributed by atoms with Crippen molar-refractivity contribution in [2.75, 3.05) is 0 Å². The van der Waals surface area contributed by atoms with Crippen molar-refractivity contribution in [2.24, 2.45) is 0 Å². The van der Waals surface area contributed by atoms with Crippen LogP contribution in [0.3, 0.4) is 0 Å². The largest absolute Gasteiger partial charge is 0.387 e.